The molecule has 138 valence electrons. The molecular formula is C19H23N3O3S. The number of nitrogens with zero attached hydrogens (tertiary/aromatic N) is 2. The van der Waals surface area contributed by atoms with Gasteiger partial charge in [-0.15, -0.1) is 0 Å². The van der Waals surface area contributed by atoms with Crippen LogP contribution in [-0.2, 0) is 9.53 Å². The lowest BCUT2D eigenvalue weighted by Gasteiger charge is -2.09. The lowest BCUT2D eigenvalue weighted by Crippen LogP contribution is -2.15. The molecule has 0 radical (unpaired) electrons. The normalized spacial score (nSPS) is 10.7. The van der Waals surface area contributed by atoms with E-state index < -0.39 is 0 Å². The Balaban J connectivity index is 1.91. The average Bonchev–Trinajstić information content (AvgIpc) is 2.57. The minimum absolute atomic E-state index is 0.160. The molecule has 6 nitrogen and oxygen atoms in total. The van der Waals surface area contributed by atoms with E-state index in [2.05, 4.69) is 15.3 Å². The number of anilines is 1. The van der Waals surface area contributed by atoms with E-state index in [0.29, 0.717) is 16.4 Å². The quantitative estimate of drug-likeness (QED) is 0.472. The van der Waals surface area contributed by atoms with Crippen LogP contribution in [0.5, 0.6) is 0 Å². The van der Waals surface area contributed by atoms with Gasteiger partial charge in [-0.2, -0.15) is 0 Å². The van der Waals surface area contributed by atoms with Crippen molar-refractivity contribution in [2.75, 3.05) is 11.1 Å². The zero-order valence-corrected chi connectivity index (χ0v) is 16.4. The van der Waals surface area contributed by atoms with E-state index in [1.54, 1.807) is 38.1 Å². The van der Waals surface area contributed by atoms with Crippen LogP contribution in [-0.4, -0.2) is 33.7 Å². The first kappa shape index (κ1) is 19.9. The van der Waals surface area contributed by atoms with Gasteiger partial charge in [0.15, 0.2) is 5.16 Å². The maximum Gasteiger partial charge on any atom is 0.338 e. The molecule has 1 amide bonds. The largest absolute Gasteiger partial charge is 0.459 e. The van der Waals surface area contributed by atoms with E-state index in [9.17, 15) is 9.59 Å². The number of hydrogen-bond donors (Lipinski definition) is 1. The van der Waals surface area contributed by atoms with Crippen LogP contribution in [0.3, 0.4) is 0 Å². The molecule has 0 aliphatic heterocycles. The highest BCUT2D eigenvalue weighted by atomic mass is 32.2. The number of hydrogen-bond acceptors (Lipinski definition) is 6. The highest BCUT2D eigenvalue weighted by Crippen LogP contribution is 2.18. The van der Waals surface area contributed by atoms with Crippen LogP contribution in [0.1, 0.15) is 41.2 Å². The van der Waals surface area contributed by atoms with Crippen molar-refractivity contribution in [3.63, 3.8) is 0 Å². The van der Waals surface area contributed by atoms with Gasteiger partial charge in [0.05, 0.1) is 17.4 Å². The van der Waals surface area contributed by atoms with Crippen molar-refractivity contribution in [1.29, 1.82) is 0 Å². The minimum Gasteiger partial charge on any atom is -0.459 e. The first-order valence-electron chi connectivity index (χ1n) is 8.31. The maximum absolute atomic E-state index is 12.1. The van der Waals surface area contributed by atoms with E-state index in [4.69, 9.17) is 4.74 Å². The Hall–Kier alpha value is -2.41. The molecule has 1 N–H and O–H groups in total. The summed E-state index contributed by atoms with van der Waals surface area (Å²) < 4.78 is 5.13. The molecule has 0 aliphatic carbocycles. The van der Waals surface area contributed by atoms with Crippen molar-refractivity contribution in [3.05, 3.63) is 46.8 Å². The monoisotopic (exact) mass is 373 g/mol. The maximum atomic E-state index is 12.1. The standard InChI is InChI=1S/C19H23N3O3S/c1-11(2)25-18(24)15-6-8-16(9-7-15)22-17(23)10-26-19-20-13(4)12(3)14(5)21-19/h6-9,11H,10H2,1-5H3,(H,22,23). The molecule has 0 aliphatic rings. The Kier molecular flexibility index (Phi) is 6.74. The molecule has 7 heteroatoms. The third kappa shape index (κ3) is 5.56. The van der Waals surface area contributed by atoms with Crippen LogP contribution in [0, 0.1) is 20.8 Å². The van der Waals surface area contributed by atoms with Crippen LogP contribution in [0.25, 0.3) is 0 Å². The van der Waals surface area contributed by atoms with Crippen LogP contribution in [0.15, 0.2) is 29.4 Å². The van der Waals surface area contributed by atoms with Crippen molar-refractivity contribution in [2.24, 2.45) is 0 Å². The highest BCUT2D eigenvalue weighted by Gasteiger charge is 2.11. The van der Waals surface area contributed by atoms with E-state index in [1.165, 1.54) is 11.8 Å². The fourth-order valence-corrected chi connectivity index (χ4v) is 2.84. The number of thioether (sulfide) groups is 1. The molecule has 2 rings (SSSR count). The molecule has 0 fully saturated rings. The molecular weight excluding hydrogens is 350 g/mol. The van der Waals surface area contributed by atoms with Gasteiger partial charge in [0, 0.05) is 17.1 Å². The minimum atomic E-state index is -0.379. The Morgan fingerprint density at radius 1 is 1.08 bits per heavy atom. The zero-order chi connectivity index (χ0) is 19.3. The number of esters is 1. The molecule has 0 saturated carbocycles. The summed E-state index contributed by atoms with van der Waals surface area (Å²) in [7, 11) is 0. The van der Waals surface area contributed by atoms with E-state index in [0.717, 1.165) is 17.0 Å². The molecule has 0 spiro atoms. The second kappa shape index (κ2) is 8.80. The number of nitrogens with one attached hydrogen (secondary N) is 1. The van der Waals surface area contributed by atoms with Gasteiger partial charge in [-0.05, 0) is 64.4 Å². The molecule has 1 heterocycles. The third-order valence-electron chi connectivity index (χ3n) is 3.69. The van der Waals surface area contributed by atoms with E-state index >= 15 is 0 Å². The Bertz CT molecular complexity index is 781. The van der Waals surface area contributed by atoms with Crippen LogP contribution in [0.4, 0.5) is 5.69 Å². The number of ether oxygens (including phenoxy) is 1. The summed E-state index contributed by atoms with van der Waals surface area (Å²) in [6.45, 7) is 9.43. The summed E-state index contributed by atoms with van der Waals surface area (Å²) >= 11 is 1.29. The topological polar surface area (TPSA) is 81.2 Å². The average molecular weight is 373 g/mol. The van der Waals surface area contributed by atoms with Crippen molar-refractivity contribution < 1.29 is 14.3 Å². The number of aromatic nitrogens is 2. The van der Waals surface area contributed by atoms with Gasteiger partial charge in [-0.1, -0.05) is 11.8 Å². The first-order valence-corrected chi connectivity index (χ1v) is 9.30. The Labute approximate surface area is 157 Å². The Morgan fingerprint density at radius 3 is 2.19 bits per heavy atom. The molecule has 1 aromatic heterocycles. The molecule has 0 saturated heterocycles. The lowest BCUT2D eigenvalue weighted by atomic mass is 10.2. The van der Waals surface area contributed by atoms with Gasteiger partial charge in [-0.25, -0.2) is 14.8 Å². The molecule has 0 bridgehead atoms. The van der Waals surface area contributed by atoms with E-state index in [1.807, 2.05) is 20.8 Å². The van der Waals surface area contributed by atoms with Crippen molar-refractivity contribution in [1.82, 2.24) is 9.97 Å². The molecule has 0 atom stereocenters. The fraction of sp³-hybridized carbons (Fsp3) is 0.368. The second-order valence-electron chi connectivity index (χ2n) is 6.17. The fourth-order valence-electron chi connectivity index (χ4n) is 2.10. The SMILES string of the molecule is Cc1nc(SCC(=O)Nc2ccc(C(=O)OC(C)C)cc2)nc(C)c1C. The van der Waals surface area contributed by atoms with Gasteiger partial charge in [0.25, 0.3) is 0 Å². The van der Waals surface area contributed by atoms with Crippen LogP contribution >= 0.6 is 11.8 Å². The zero-order valence-electron chi connectivity index (χ0n) is 15.6. The summed E-state index contributed by atoms with van der Waals surface area (Å²) in [6.07, 6.45) is -0.171. The van der Waals surface area contributed by atoms with Gasteiger partial charge < -0.3 is 10.1 Å². The predicted octanol–water partition coefficient (Wildman–Crippen LogP) is 3.70. The number of carbonyl (C=O) groups excluding carboxylic acids is 2. The van der Waals surface area contributed by atoms with Crippen molar-refractivity contribution in [3.8, 4) is 0 Å². The number of aryl methyl sites for hydroxylation is 2. The number of benzene rings is 1. The summed E-state index contributed by atoms with van der Waals surface area (Å²) in [6, 6.07) is 6.61. The predicted molar refractivity (Wildman–Crippen MR) is 103 cm³/mol. The third-order valence-corrected chi connectivity index (χ3v) is 4.54. The van der Waals surface area contributed by atoms with Gasteiger partial charge in [-0.3, -0.25) is 4.79 Å². The van der Waals surface area contributed by atoms with Crippen LogP contribution in [0.2, 0.25) is 0 Å². The van der Waals surface area contributed by atoms with Gasteiger partial charge in [0.2, 0.25) is 5.91 Å². The summed E-state index contributed by atoms with van der Waals surface area (Å²) in [5.74, 6) is -0.332. The number of amides is 1. The van der Waals surface area contributed by atoms with Crippen LogP contribution < -0.4 is 5.32 Å². The Morgan fingerprint density at radius 2 is 1.65 bits per heavy atom. The number of rotatable bonds is 6. The van der Waals surface area contributed by atoms with Gasteiger partial charge >= 0.3 is 5.97 Å². The second-order valence-corrected chi connectivity index (χ2v) is 7.11. The molecule has 2 aromatic rings. The molecule has 0 unspecified atom stereocenters. The van der Waals surface area contributed by atoms with Crippen molar-refractivity contribution in [2.45, 2.75) is 45.9 Å². The first-order chi connectivity index (χ1) is 12.3. The number of carbonyl (C=O) groups is 2. The summed E-state index contributed by atoms with van der Waals surface area (Å²) in [5.41, 5.74) is 3.97. The van der Waals surface area contributed by atoms with E-state index in [-0.39, 0.29) is 23.7 Å². The molecule has 26 heavy (non-hydrogen) atoms. The highest BCUT2D eigenvalue weighted by molar-refractivity contribution is 7.99. The van der Waals surface area contributed by atoms with Gasteiger partial charge in [0.1, 0.15) is 0 Å². The smallest absolute Gasteiger partial charge is 0.338 e. The lowest BCUT2D eigenvalue weighted by molar-refractivity contribution is -0.113. The van der Waals surface area contributed by atoms with Crippen molar-refractivity contribution >= 4 is 29.3 Å². The summed E-state index contributed by atoms with van der Waals surface area (Å²) in [5, 5.41) is 3.38. The molecule has 1 aromatic carbocycles. The summed E-state index contributed by atoms with van der Waals surface area (Å²) in [4.78, 5) is 32.7.